The molecule has 1 N–H and O–H groups in total. The van der Waals surface area contributed by atoms with E-state index in [0.29, 0.717) is 22.7 Å². The number of anilines is 1. The average Bonchev–Trinajstić information content (AvgIpc) is 3.37. The molecule has 0 atom stereocenters. The molecule has 2 aliphatic rings. The van der Waals surface area contributed by atoms with Crippen LogP contribution < -0.4 is 20.3 Å². The van der Waals surface area contributed by atoms with Crippen molar-refractivity contribution in [3.05, 3.63) is 72.3 Å². The first-order chi connectivity index (χ1) is 15.7. The quantitative estimate of drug-likeness (QED) is 0.596. The molecular formula is C26H26BNO5. The fourth-order valence-corrected chi connectivity index (χ4v) is 3.91. The molecule has 6 nitrogen and oxygen atoms in total. The molecule has 0 unspecified atom stereocenters. The molecule has 0 aliphatic carbocycles. The van der Waals surface area contributed by atoms with E-state index in [0.717, 1.165) is 16.6 Å². The molecule has 0 bridgehead atoms. The Kier molecular flexibility index (Phi) is 5.18. The van der Waals surface area contributed by atoms with E-state index in [4.69, 9.17) is 18.8 Å². The third kappa shape index (κ3) is 3.88. The zero-order valence-electron chi connectivity index (χ0n) is 19.2. The van der Waals surface area contributed by atoms with Gasteiger partial charge >= 0.3 is 7.12 Å². The first kappa shape index (κ1) is 21.6. The lowest BCUT2D eigenvalue weighted by Gasteiger charge is -2.32. The van der Waals surface area contributed by atoms with Gasteiger partial charge in [-0.15, -0.1) is 0 Å². The summed E-state index contributed by atoms with van der Waals surface area (Å²) in [6.07, 6.45) is 0. The van der Waals surface area contributed by atoms with Gasteiger partial charge in [-0.25, -0.2) is 0 Å². The number of ether oxygens (including phenoxy) is 2. The Morgan fingerprint density at radius 3 is 2.06 bits per heavy atom. The molecule has 2 heterocycles. The van der Waals surface area contributed by atoms with Crippen LogP contribution in [0.5, 0.6) is 11.5 Å². The molecule has 1 fully saturated rings. The SMILES string of the molecule is CC1(C)OB(c2ccc(NC(=O)c3ccc(-c4ccccc4)cc3)c3c2OCO3)OC1(C)C. The maximum absolute atomic E-state index is 12.9. The highest BCUT2D eigenvalue weighted by molar-refractivity contribution is 6.63. The van der Waals surface area contributed by atoms with E-state index in [2.05, 4.69) is 5.32 Å². The van der Waals surface area contributed by atoms with Gasteiger partial charge in [-0.2, -0.15) is 0 Å². The number of rotatable bonds is 4. The van der Waals surface area contributed by atoms with Gasteiger partial charge in [-0.05, 0) is 57.0 Å². The molecule has 0 aromatic heterocycles. The highest BCUT2D eigenvalue weighted by atomic mass is 16.7. The number of hydrogen-bond acceptors (Lipinski definition) is 5. The third-order valence-corrected chi connectivity index (χ3v) is 6.56. The van der Waals surface area contributed by atoms with E-state index in [1.54, 1.807) is 6.07 Å². The molecule has 7 heteroatoms. The number of amides is 1. The van der Waals surface area contributed by atoms with Gasteiger partial charge in [-0.1, -0.05) is 48.5 Å². The number of carbonyl (C=O) groups is 1. The third-order valence-electron chi connectivity index (χ3n) is 6.56. The first-order valence-corrected chi connectivity index (χ1v) is 11.0. The van der Waals surface area contributed by atoms with Gasteiger partial charge in [0.1, 0.15) is 0 Å². The molecule has 0 radical (unpaired) electrons. The van der Waals surface area contributed by atoms with E-state index in [9.17, 15) is 4.79 Å². The van der Waals surface area contributed by atoms with Crippen LogP contribution in [-0.4, -0.2) is 31.0 Å². The molecular weight excluding hydrogens is 417 g/mol. The van der Waals surface area contributed by atoms with Crippen molar-refractivity contribution in [2.24, 2.45) is 0 Å². The van der Waals surface area contributed by atoms with Crippen molar-refractivity contribution in [3.63, 3.8) is 0 Å². The van der Waals surface area contributed by atoms with Gasteiger partial charge in [0.15, 0.2) is 11.5 Å². The molecule has 0 spiro atoms. The standard InChI is InChI=1S/C26H26BNO5/c1-25(2)26(3,4)33-27(32-25)20-14-15-21(23-22(20)30-16-31-23)28-24(29)19-12-10-18(11-13-19)17-8-6-5-7-9-17/h5-15H,16H2,1-4H3,(H,28,29). The van der Waals surface area contributed by atoms with Gasteiger partial charge in [0.05, 0.1) is 16.9 Å². The molecule has 33 heavy (non-hydrogen) atoms. The number of nitrogens with one attached hydrogen (secondary N) is 1. The average molecular weight is 443 g/mol. The Morgan fingerprint density at radius 1 is 0.788 bits per heavy atom. The van der Waals surface area contributed by atoms with Gasteiger partial charge in [0.2, 0.25) is 6.79 Å². The second-order valence-corrected chi connectivity index (χ2v) is 9.25. The molecule has 2 aliphatic heterocycles. The van der Waals surface area contributed by atoms with Gasteiger partial charge in [0, 0.05) is 11.0 Å². The first-order valence-electron chi connectivity index (χ1n) is 11.0. The van der Waals surface area contributed by atoms with E-state index in [1.807, 2.05) is 88.4 Å². The van der Waals surface area contributed by atoms with Crippen LogP contribution in [0.1, 0.15) is 38.1 Å². The van der Waals surface area contributed by atoms with Crippen LogP contribution in [0.4, 0.5) is 5.69 Å². The lowest BCUT2D eigenvalue weighted by atomic mass is 9.78. The number of hydrogen-bond donors (Lipinski definition) is 1. The number of benzene rings is 3. The predicted octanol–water partition coefficient (Wildman–Crippen LogP) is 4.63. The lowest BCUT2D eigenvalue weighted by Crippen LogP contribution is -2.41. The van der Waals surface area contributed by atoms with Crippen molar-refractivity contribution in [1.29, 1.82) is 0 Å². The summed E-state index contributed by atoms with van der Waals surface area (Å²) in [5, 5.41) is 2.94. The van der Waals surface area contributed by atoms with Gasteiger partial charge < -0.3 is 24.1 Å². The molecule has 3 aromatic rings. The summed E-state index contributed by atoms with van der Waals surface area (Å²) < 4.78 is 23.8. The normalized spacial score (nSPS) is 17.8. The molecule has 1 amide bonds. The van der Waals surface area contributed by atoms with Crippen molar-refractivity contribution in [3.8, 4) is 22.6 Å². The Bertz CT molecular complexity index is 1180. The lowest BCUT2D eigenvalue weighted by molar-refractivity contribution is 0.00578. The van der Waals surface area contributed by atoms with Crippen LogP contribution in [0.15, 0.2) is 66.7 Å². The van der Waals surface area contributed by atoms with Crippen LogP contribution in [0.25, 0.3) is 11.1 Å². The summed E-state index contributed by atoms with van der Waals surface area (Å²) in [7, 11) is -0.583. The second kappa shape index (κ2) is 7.94. The summed E-state index contributed by atoms with van der Waals surface area (Å²) in [5.41, 5.74) is 3.05. The molecule has 168 valence electrons. The van der Waals surface area contributed by atoms with Crippen molar-refractivity contribution >= 4 is 24.2 Å². The van der Waals surface area contributed by atoms with E-state index >= 15 is 0 Å². The van der Waals surface area contributed by atoms with Crippen LogP contribution >= 0.6 is 0 Å². The topological polar surface area (TPSA) is 66.0 Å². The van der Waals surface area contributed by atoms with E-state index in [1.165, 1.54) is 0 Å². The maximum atomic E-state index is 12.9. The highest BCUT2D eigenvalue weighted by Crippen LogP contribution is 2.42. The van der Waals surface area contributed by atoms with Crippen molar-refractivity contribution in [2.75, 3.05) is 12.1 Å². The second-order valence-electron chi connectivity index (χ2n) is 9.25. The Balaban J connectivity index is 1.37. The zero-order valence-corrected chi connectivity index (χ0v) is 19.2. The van der Waals surface area contributed by atoms with Gasteiger partial charge in [0.25, 0.3) is 5.91 Å². The van der Waals surface area contributed by atoms with E-state index in [-0.39, 0.29) is 12.7 Å². The van der Waals surface area contributed by atoms with Crippen LogP contribution in [0, 0.1) is 0 Å². The van der Waals surface area contributed by atoms with E-state index < -0.39 is 18.3 Å². The number of fused-ring (bicyclic) bond motifs is 1. The summed E-state index contributed by atoms with van der Waals surface area (Å²) in [4.78, 5) is 12.9. The van der Waals surface area contributed by atoms with Crippen molar-refractivity contribution < 1.29 is 23.6 Å². The fourth-order valence-electron chi connectivity index (χ4n) is 3.91. The Hall–Kier alpha value is -3.29. The Labute approximate surface area is 194 Å². The van der Waals surface area contributed by atoms with Crippen LogP contribution in [-0.2, 0) is 9.31 Å². The smallest absolute Gasteiger partial charge is 0.454 e. The molecule has 3 aromatic carbocycles. The summed E-state index contributed by atoms with van der Waals surface area (Å²) in [6.45, 7) is 8.08. The minimum absolute atomic E-state index is 0.0699. The summed E-state index contributed by atoms with van der Waals surface area (Å²) in [5.74, 6) is 0.790. The summed E-state index contributed by atoms with van der Waals surface area (Å²) in [6, 6.07) is 21.2. The highest BCUT2D eigenvalue weighted by Gasteiger charge is 2.53. The molecule has 1 saturated heterocycles. The summed E-state index contributed by atoms with van der Waals surface area (Å²) >= 11 is 0. The van der Waals surface area contributed by atoms with Gasteiger partial charge in [-0.3, -0.25) is 4.79 Å². The largest absolute Gasteiger partial charge is 0.498 e. The zero-order chi connectivity index (χ0) is 23.2. The predicted molar refractivity (Wildman–Crippen MR) is 128 cm³/mol. The number of carbonyl (C=O) groups excluding carboxylic acids is 1. The molecule has 5 rings (SSSR count). The molecule has 0 saturated carbocycles. The van der Waals surface area contributed by atoms with Crippen LogP contribution in [0.3, 0.4) is 0 Å². The fraction of sp³-hybridized carbons (Fsp3) is 0.269. The Morgan fingerprint density at radius 2 is 1.39 bits per heavy atom. The van der Waals surface area contributed by atoms with Crippen LogP contribution in [0.2, 0.25) is 0 Å². The minimum atomic E-state index is -0.583. The minimum Gasteiger partial charge on any atom is -0.454 e. The maximum Gasteiger partial charge on any atom is 0.498 e. The van der Waals surface area contributed by atoms with Crippen molar-refractivity contribution in [1.82, 2.24) is 0 Å². The van der Waals surface area contributed by atoms with Crippen molar-refractivity contribution in [2.45, 2.75) is 38.9 Å². The monoisotopic (exact) mass is 443 g/mol.